The van der Waals surface area contributed by atoms with Crippen molar-refractivity contribution in [1.29, 1.82) is 0 Å². The first-order valence-electron chi connectivity index (χ1n) is 8.16. The van der Waals surface area contributed by atoms with Crippen molar-refractivity contribution in [3.63, 3.8) is 0 Å². The Balaban J connectivity index is 1.83. The zero-order valence-corrected chi connectivity index (χ0v) is 12.9. The molecule has 3 heteroatoms. The summed E-state index contributed by atoms with van der Waals surface area (Å²) in [5.41, 5.74) is 2.51. The topological polar surface area (TPSA) is 28.2 Å². The van der Waals surface area contributed by atoms with Gasteiger partial charge in [-0.15, -0.1) is 0 Å². The highest BCUT2D eigenvalue weighted by Gasteiger charge is 2.20. The van der Waals surface area contributed by atoms with E-state index in [1.54, 1.807) is 0 Å². The van der Waals surface area contributed by atoms with E-state index in [0.717, 1.165) is 18.6 Å². The highest BCUT2D eigenvalue weighted by atomic mass is 15.2. The number of piperidine rings is 1. The van der Waals surface area contributed by atoms with Gasteiger partial charge in [-0.05, 0) is 50.0 Å². The van der Waals surface area contributed by atoms with Crippen LogP contribution in [0.2, 0.25) is 0 Å². The third-order valence-corrected chi connectivity index (χ3v) is 4.41. The molecule has 112 valence electrons. The summed E-state index contributed by atoms with van der Waals surface area (Å²) < 4.78 is 0. The van der Waals surface area contributed by atoms with Gasteiger partial charge in [0.2, 0.25) is 0 Å². The summed E-state index contributed by atoms with van der Waals surface area (Å²) >= 11 is 0. The molecular formula is C18H25N3. The first-order valence-corrected chi connectivity index (χ1v) is 8.16. The molecule has 0 radical (unpaired) electrons. The number of hydrogen-bond donors (Lipinski definition) is 1. The van der Waals surface area contributed by atoms with Gasteiger partial charge in [0.25, 0.3) is 0 Å². The number of nitrogens with zero attached hydrogens (tertiary/aromatic N) is 2. The molecule has 1 unspecified atom stereocenters. The van der Waals surface area contributed by atoms with Crippen LogP contribution in [0.5, 0.6) is 0 Å². The standard InChI is InChI=1S/C18H25N3/c1-2-12-21(16-6-5-10-19-13-16)14-15-9-11-20-18-8-4-3-7-17(15)18/h3-4,7-9,11,16,19H,2,5-6,10,12-14H2,1H3. The van der Waals surface area contributed by atoms with Crippen molar-refractivity contribution in [2.24, 2.45) is 0 Å². The Bertz CT molecular complexity index is 570. The lowest BCUT2D eigenvalue weighted by Crippen LogP contribution is -2.45. The molecule has 0 bridgehead atoms. The number of rotatable bonds is 5. The lowest BCUT2D eigenvalue weighted by atomic mass is 10.0. The van der Waals surface area contributed by atoms with Crippen LogP contribution in [0.15, 0.2) is 36.5 Å². The quantitative estimate of drug-likeness (QED) is 0.913. The second-order valence-electron chi connectivity index (χ2n) is 5.96. The molecule has 1 atom stereocenters. The van der Waals surface area contributed by atoms with Gasteiger partial charge in [-0.3, -0.25) is 9.88 Å². The van der Waals surface area contributed by atoms with E-state index in [2.05, 4.69) is 52.5 Å². The molecule has 3 rings (SSSR count). The lowest BCUT2D eigenvalue weighted by Gasteiger charge is -2.34. The highest BCUT2D eigenvalue weighted by molar-refractivity contribution is 5.81. The van der Waals surface area contributed by atoms with Crippen LogP contribution in [0.1, 0.15) is 31.7 Å². The predicted molar refractivity (Wildman–Crippen MR) is 88.3 cm³/mol. The fourth-order valence-electron chi connectivity index (χ4n) is 3.33. The van der Waals surface area contributed by atoms with E-state index < -0.39 is 0 Å². The zero-order chi connectivity index (χ0) is 14.5. The smallest absolute Gasteiger partial charge is 0.0705 e. The number of fused-ring (bicyclic) bond motifs is 1. The molecule has 1 aliphatic rings. The Morgan fingerprint density at radius 3 is 3.00 bits per heavy atom. The molecule has 1 aliphatic heterocycles. The van der Waals surface area contributed by atoms with Crippen LogP contribution in [0, 0.1) is 0 Å². The van der Waals surface area contributed by atoms with Crippen LogP contribution < -0.4 is 5.32 Å². The molecule has 0 saturated carbocycles. The van der Waals surface area contributed by atoms with Crippen LogP contribution in [-0.2, 0) is 6.54 Å². The Morgan fingerprint density at radius 2 is 2.19 bits per heavy atom. The van der Waals surface area contributed by atoms with Crippen LogP contribution in [-0.4, -0.2) is 35.6 Å². The maximum atomic E-state index is 4.48. The molecule has 2 heterocycles. The number of pyridine rings is 1. The molecule has 1 aromatic carbocycles. The summed E-state index contributed by atoms with van der Waals surface area (Å²) in [6.45, 7) is 6.78. The Kier molecular flexibility index (Phi) is 4.84. The lowest BCUT2D eigenvalue weighted by molar-refractivity contribution is 0.158. The largest absolute Gasteiger partial charge is 0.315 e. The van der Waals surface area contributed by atoms with Crippen LogP contribution in [0.25, 0.3) is 10.9 Å². The van der Waals surface area contributed by atoms with Gasteiger partial charge >= 0.3 is 0 Å². The van der Waals surface area contributed by atoms with E-state index in [9.17, 15) is 0 Å². The number of hydrogen-bond acceptors (Lipinski definition) is 3. The predicted octanol–water partition coefficient (Wildman–Crippen LogP) is 3.20. The van der Waals surface area contributed by atoms with Gasteiger partial charge in [0.05, 0.1) is 5.52 Å². The maximum absolute atomic E-state index is 4.48. The molecule has 1 aromatic heterocycles. The third-order valence-electron chi connectivity index (χ3n) is 4.41. The maximum Gasteiger partial charge on any atom is 0.0705 e. The summed E-state index contributed by atoms with van der Waals surface area (Å²) in [7, 11) is 0. The van der Waals surface area contributed by atoms with Gasteiger partial charge in [-0.1, -0.05) is 25.1 Å². The van der Waals surface area contributed by atoms with Crippen LogP contribution >= 0.6 is 0 Å². The van der Waals surface area contributed by atoms with Gasteiger partial charge in [0.15, 0.2) is 0 Å². The fourth-order valence-corrected chi connectivity index (χ4v) is 3.33. The first-order chi connectivity index (χ1) is 10.4. The van der Waals surface area contributed by atoms with Crippen LogP contribution in [0.4, 0.5) is 0 Å². The molecule has 0 aliphatic carbocycles. The number of aromatic nitrogens is 1. The van der Waals surface area contributed by atoms with Crippen molar-refractivity contribution in [3.8, 4) is 0 Å². The van der Waals surface area contributed by atoms with Crippen molar-refractivity contribution in [2.75, 3.05) is 19.6 Å². The molecule has 0 spiro atoms. The van der Waals surface area contributed by atoms with Gasteiger partial charge in [0.1, 0.15) is 0 Å². The minimum atomic E-state index is 0.672. The monoisotopic (exact) mass is 283 g/mol. The van der Waals surface area contributed by atoms with Crippen molar-refractivity contribution in [3.05, 3.63) is 42.1 Å². The van der Waals surface area contributed by atoms with Crippen molar-refractivity contribution < 1.29 is 0 Å². The minimum absolute atomic E-state index is 0.672. The SMILES string of the molecule is CCCN(Cc1ccnc2ccccc12)C1CCCNC1. The molecular weight excluding hydrogens is 258 g/mol. The molecule has 0 amide bonds. The number of para-hydroxylation sites is 1. The van der Waals surface area contributed by atoms with E-state index in [4.69, 9.17) is 0 Å². The molecule has 1 fully saturated rings. The summed E-state index contributed by atoms with van der Waals surface area (Å²) in [6, 6.07) is 11.3. The van der Waals surface area contributed by atoms with E-state index in [1.165, 1.54) is 43.3 Å². The van der Waals surface area contributed by atoms with E-state index in [1.807, 2.05) is 6.20 Å². The third kappa shape index (κ3) is 3.42. The minimum Gasteiger partial charge on any atom is -0.315 e. The fraction of sp³-hybridized carbons (Fsp3) is 0.500. The van der Waals surface area contributed by atoms with Crippen molar-refractivity contribution in [2.45, 2.75) is 38.8 Å². The van der Waals surface area contributed by atoms with Crippen molar-refractivity contribution >= 4 is 10.9 Å². The molecule has 1 saturated heterocycles. The van der Waals surface area contributed by atoms with Crippen LogP contribution in [0.3, 0.4) is 0 Å². The van der Waals surface area contributed by atoms with Crippen molar-refractivity contribution in [1.82, 2.24) is 15.2 Å². The van der Waals surface area contributed by atoms with E-state index >= 15 is 0 Å². The normalized spacial score (nSPS) is 19.2. The Hall–Kier alpha value is -1.45. The van der Waals surface area contributed by atoms with E-state index in [0.29, 0.717) is 6.04 Å². The van der Waals surface area contributed by atoms with Gasteiger partial charge in [-0.25, -0.2) is 0 Å². The summed E-state index contributed by atoms with van der Waals surface area (Å²) in [6.07, 6.45) is 5.76. The molecule has 3 nitrogen and oxygen atoms in total. The van der Waals surface area contributed by atoms with Gasteiger partial charge in [-0.2, -0.15) is 0 Å². The Morgan fingerprint density at radius 1 is 1.29 bits per heavy atom. The summed E-state index contributed by atoms with van der Waals surface area (Å²) in [5.74, 6) is 0. The second kappa shape index (κ2) is 7.01. The second-order valence-corrected chi connectivity index (χ2v) is 5.96. The summed E-state index contributed by atoms with van der Waals surface area (Å²) in [4.78, 5) is 7.12. The van der Waals surface area contributed by atoms with Gasteiger partial charge < -0.3 is 5.32 Å². The first kappa shape index (κ1) is 14.5. The molecule has 2 aromatic rings. The summed E-state index contributed by atoms with van der Waals surface area (Å²) in [5, 5.41) is 4.84. The number of nitrogens with one attached hydrogen (secondary N) is 1. The van der Waals surface area contributed by atoms with Gasteiger partial charge in [0, 0.05) is 30.7 Å². The molecule has 1 N–H and O–H groups in total. The Labute approximate surface area is 127 Å². The zero-order valence-electron chi connectivity index (χ0n) is 12.9. The average Bonchev–Trinajstić information content (AvgIpc) is 2.55. The highest BCUT2D eigenvalue weighted by Crippen LogP contribution is 2.20. The molecule has 21 heavy (non-hydrogen) atoms. The number of benzene rings is 1. The van der Waals surface area contributed by atoms with E-state index in [-0.39, 0.29) is 0 Å². The average molecular weight is 283 g/mol.